The predicted molar refractivity (Wildman–Crippen MR) is 66.0 cm³/mol. The lowest BCUT2D eigenvalue weighted by Gasteiger charge is -2.09. The Kier molecular flexibility index (Phi) is 3.17. The summed E-state index contributed by atoms with van der Waals surface area (Å²) in [4.78, 5) is 0. The molecule has 0 amide bonds. The maximum atomic E-state index is 12.6. The van der Waals surface area contributed by atoms with E-state index >= 15 is 0 Å². The van der Waals surface area contributed by atoms with Crippen molar-refractivity contribution in [3.63, 3.8) is 0 Å². The van der Waals surface area contributed by atoms with E-state index in [9.17, 15) is 13.2 Å². The number of hydrogen-bond acceptors (Lipinski definition) is 2. The van der Waals surface area contributed by atoms with Crippen LogP contribution in [-0.4, -0.2) is 0 Å². The van der Waals surface area contributed by atoms with Gasteiger partial charge >= 0.3 is 6.18 Å². The summed E-state index contributed by atoms with van der Waals surface area (Å²) in [6, 6.07) is 11.4. The van der Waals surface area contributed by atoms with Crippen LogP contribution in [0.2, 0.25) is 0 Å². The molecule has 2 aromatic carbocycles. The topological polar surface area (TPSA) is 49.8 Å². The smallest absolute Gasteiger partial charge is 0.398 e. The molecule has 19 heavy (non-hydrogen) atoms. The van der Waals surface area contributed by atoms with Gasteiger partial charge in [0, 0.05) is 5.69 Å². The third-order valence-electron chi connectivity index (χ3n) is 2.70. The van der Waals surface area contributed by atoms with E-state index in [-0.39, 0.29) is 5.56 Å². The summed E-state index contributed by atoms with van der Waals surface area (Å²) in [5.41, 5.74) is 6.32. The number of nitrogens with zero attached hydrogens (tertiary/aromatic N) is 1. The Labute approximate surface area is 107 Å². The largest absolute Gasteiger partial charge is 0.416 e. The Morgan fingerprint density at radius 1 is 1.00 bits per heavy atom. The highest BCUT2D eigenvalue weighted by atomic mass is 19.4. The minimum atomic E-state index is -4.39. The average molecular weight is 262 g/mol. The van der Waals surface area contributed by atoms with Crippen LogP contribution < -0.4 is 5.73 Å². The van der Waals surface area contributed by atoms with E-state index in [0.717, 1.165) is 12.1 Å². The van der Waals surface area contributed by atoms with Gasteiger partial charge in [-0.2, -0.15) is 18.4 Å². The molecule has 0 aliphatic rings. The zero-order valence-corrected chi connectivity index (χ0v) is 9.70. The van der Waals surface area contributed by atoms with Crippen molar-refractivity contribution >= 4 is 5.69 Å². The normalized spacial score (nSPS) is 11.1. The number of halogens is 3. The first-order valence-electron chi connectivity index (χ1n) is 5.39. The fourth-order valence-corrected chi connectivity index (χ4v) is 1.71. The van der Waals surface area contributed by atoms with Crippen LogP contribution in [0.15, 0.2) is 42.5 Å². The number of anilines is 1. The molecule has 2 aromatic rings. The average Bonchev–Trinajstić information content (AvgIpc) is 2.38. The Hall–Kier alpha value is -2.48. The maximum absolute atomic E-state index is 12.6. The summed E-state index contributed by atoms with van der Waals surface area (Å²) in [6.45, 7) is 0. The van der Waals surface area contributed by atoms with Crippen LogP contribution in [0, 0.1) is 11.3 Å². The number of rotatable bonds is 1. The molecule has 0 aliphatic heterocycles. The number of alkyl halides is 3. The second-order valence-corrected chi connectivity index (χ2v) is 3.99. The highest BCUT2D eigenvalue weighted by molar-refractivity contribution is 5.70. The molecule has 2 rings (SSSR count). The van der Waals surface area contributed by atoms with Crippen molar-refractivity contribution in [2.45, 2.75) is 6.18 Å². The van der Waals surface area contributed by atoms with Crippen LogP contribution in [0.4, 0.5) is 18.9 Å². The van der Waals surface area contributed by atoms with E-state index in [0.29, 0.717) is 16.8 Å². The van der Waals surface area contributed by atoms with Gasteiger partial charge in [0.25, 0.3) is 0 Å². The van der Waals surface area contributed by atoms with Crippen molar-refractivity contribution in [1.29, 1.82) is 5.26 Å². The van der Waals surface area contributed by atoms with Gasteiger partial charge in [-0.15, -0.1) is 0 Å². The molecule has 0 radical (unpaired) electrons. The summed E-state index contributed by atoms with van der Waals surface area (Å²) in [5, 5.41) is 8.86. The second kappa shape index (κ2) is 4.65. The van der Waals surface area contributed by atoms with Crippen molar-refractivity contribution in [2.75, 3.05) is 5.73 Å². The van der Waals surface area contributed by atoms with Crippen LogP contribution in [0.3, 0.4) is 0 Å². The van der Waals surface area contributed by atoms with Crippen molar-refractivity contribution < 1.29 is 13.2 Å². The first kappa shape index (κ1) is 13.0. The predicted octanol–water partition coefficient (Wildman–Crippen LogP) is 3.83. The highest BCUT2D eigenvalue weighted by Gasteiger charge is 2.30. The SMILES string of the molecule is N#Cc1cc(-c2cccc(C(F)(F)F)c2)ccc1N. The minimum absolute atomic E-state index is 0.245. The molecule has 0 atom stereocenters. The van der Waals surface area contributed by atoms with Gasteiger partial charge in [0.1, 0.15) is 6.07 Å². The van der Waals surface area contributed by atoms with E-state index in [2.05, 4.69) is 0 Å². The molecule has 0 bridgehead atoms. The van der Waals surface area contributed by atoms with Crippen LogP contribution >= 0.6 is 0 Å². The van der Waals surface area contributed by atoms with E-state index < -0.39 is 11.7 Å². The monoisotopic (exact) mass is 262 g/mol. The van der Waals surface area contributed by atoms with Crippen molar-refractivity contribution in [3.8, 4) is 17.2 Å². The second-order valence-electron chi connectivity index (χ2n) is 3.99. The molecule has 0 unspecified atom stereocenters. The molecule has 0 saturated heterocycles. The molecule has 0 fully saturated rings. The van der Waals surface area contributed by atoms with Gasteiger partial charge < -0.3 is 5.73 Å². The van der Waals surface area contributed by atoms with Crippen molar-refractivity contribution in [2.24, 2.45) is 0 Å². The zero-order valence-electron chi connectivity index (χ0n) is 9.70. The summed E-state index contributed by atoms with van der Waals surface area (Å²) in [6.07, 6.45) is -4.39. The Balaban J connectivity index is 2.51. The van der Waals surface area contributed by atoms with E-state index in [1.165, 1.54) is 18.2 Å². The van der Waals surface area contributed by atoms with Gasteiger partial charge in [0.15, 0.2) is 0 Å². The summed E-state index contributed by atoms with van der Waals surface area (Å²) in [5.74, 6) is 0. The van der Waals surface area contributed by atoms with Gasteiger partial charge in [-0.25, -0.2) is 0 Å². The molecule has 0 aromatic heterocycles. The molecule has 0 heterocycles. The third-order valence-corrected chi connectivity index (χ3v) is 2.70. The highest BCUT2D eigenvalue weighted by Crippen LogP contribution is 2.32. The first-order chi connectivity index (χ1) is 8.91. The number of nitriles is 1. The first-order valence-corrected chi connectivity index (χ1v) is 5.39. The fourth-order valence-electron chi connectivity index (χ4n) is 1.71. The summed E-state index contributed by atoms with van der Waals surface area (Å²) < 4.78 is 37.9. The summed E-state index contributed by atoms with van der Waals surface area (Å²) in [7, 11) is 0. The third kappa shape index (κ3) is 2.68. The lowest BCUT2D eigenvalue weighted by atomic mass is 10.0. The molecular formula is C14H9F3N2. The lowest BCUT2D eigenvalue weighted by molar-refractivity contribution is -0.137. The number of nitrogens with two attached hydrogens (primary N) is 1. The molecular weight excluding hydrogens is 253 g/mol. The molecule has 0 saturated carbocycles. The maximum Gasteiger partial charge on any atom is 0.416 e. The lowest BCUT2D eigenvalue weighted by Crippen LogP contribution is -2.04. The molecule has 2 nitrogen and oxygen atoms in total. The molecule has 0 aliphatic carbocycles. The quantitative estimate of drug-likeness (QED) is 0.794. The number of nitrogen functional groups attached to an aromatic ring is 1. The van der Waals surface area contributed by atoms with Crippen LogP contribution in [0.25, 0.3) is 11.1 Å². The van der Waals surface area contributed by atoms with Crippen LogP contribution in [0.5, 0.6) is 0 Å². The van der Waals surface area contributed by atoms with Crippen molar-refractivity contribution in [3.05, 3.63) is 53.6 Å². The number of benzene rings is 2. The van der Waals surface area contributed by atoms with Crippen molar-refractivity contribution in [1.82, 2.24) is 0 Å². The van der Waals surface area contributed by atoms with Gasteiger partial charge in [-0.1, -0.05) is 18.2 Å². The van der Waals surface area contributed by atoms with E-state index in [4.69, 9.17) is 11.0 Å². The fraction of sp³-hybridized carbons (Fsp3) is 0.0714. The van der Waals surface area contributed by atoms with Gasteiger partial charge in [0.05, 0.1) is 11.1 Å². The van der Waals surface area contributed by atoms with E-state index in [1.54, 1.807) is 12.1 Å². The Bertz CT molecular complexity index is 654. The molecule has 5 heteroatoms. The number of hydrogen-bond donors (Lipinski definition) is 1. The molecule has 96 valence electrons. The minimum Gasteiger partial charge on any atom is -0.398 e. The molecule has 0 spiro atoms. The van der Waals surface area contributed by atoms with Gasteiger partial charge in [-0.05, 0) is 35.4 Å². The standard InChI is InChI=1S/C14H9F3N2/c15-14(16,17)12-3-1-2-9(7-12)10-4-5-13(19)11(6-10)8-18/h1-7H,19H2. The van der Waals surface area contributed by atoms with Gasteiger partial charge in [-0.3, -0.25) is 0 Å². The Morgan fingerprint density at radius 2 is 1.68 bits per heavy atom. The van der Waals surface area contributed by atoms with Gasteiger partial charge in [0.2, 0.25) is 0 Å². The van der Waals surface area contributed by atoms with Crippen LogP contribution in [-0.2, 0) is 6.18 Å². The van der Waals surface area contributed by atoms with Crippen LogP contribution in [0.1, 0.15) is 11.1 Å². The molecule has 2 N–H and O–H groups in total. The Morgan fingerprint density at radius 3 is 2.32 bits per heavy atom. The summed E-state index contributed by atoms with van der Waals surface area (Å²) >= 11 is 0. The van der Waals surface area contributed by atoms with E-state index in [1.807, 2.05) is 6.07 Å². The zero-order chi connectivity index (χ0) is 14.0.